The van der Waals surface area contributed by atoms with Gasteiger partial charge in [0.1, 0.15) is 18.3 Å². The molecule has 8 nitrogen and oxygen atoms in total. The quantitative estimate of drug-likeness (QED) is 0.174. The number of rotatable bonds is 1. The van der Waals surface area contributed by atoms with Crippen LogP contribution in [0.15, 0.2) is 36.5 Å². The van der Waals surface area contributed by atoms with Crippen LogP contribution in [0.1, 0.15) is 59.8 Å². The lowest BCUT2D eigenvalue weighted by Gasteiger charge is -2.46. The van der Waals surface area contributed by atoms with Gasteiger partial charge in [0.05, 0.1) is 28.6 Å². The summed E-state index contributed by atoms with van der Waals surface area (Å²) in [6, 6.07) is 0. The number of fused-ring (bicyclic) bond motifs is 8. The summed E-state index contributed by atoms with van der Waals surface area (Å²) in [5.41, 5.74) is -2.88. The maximum atomic E-state index is 14.6. The zero-order chi connectivity index (χ0) is 28.4. The van der Waals surface area contributed by atoms with Crippen molar-refractivity contribution >= 4 is 17.9 Å². The van der Waals surface area contributed by atoms with Crippen molar-refractivity contribution < 1.29 is 38.4 Å². The van der Waals surface area contributed by atoms with Crippen molar-refractivity contribution in [3.05, 3.63) is 36.5 Å². The lowest BCUT2D eigenvalue weighted by atomic mass is 9.54. The van der Waals surface area contributed by atoms with Crippen LogP contribution in [0.5, 0.6) is 0 Å². The van der Waals surface area contributed by atoms with Crippen LogP contribution in [0.2, 0.25) is 0 Å². The van der Waals surface area contributed by atoms with Gasteiger partial charge in [0.15, 0.2) is 0 Å². The van der Waals surface area contributed by atoms with E-state index in [0.717, 1.165) is 12.0 Å². The van der Waals surface area contributed by atoms with Gasteiger partial charge in [-0.25, -0.2) is 4.79 Å². The molecule has 8 heteroatoms. The Hall–Kier alpha value is -2.45. The monoisotopic (exact) mass is 550 g/mol. The Morgan fingerprint density at radius 1 is 1.07 bits per heavy atom. The number of hydrogen-bond donors (Lipinski definition) is 1. The first kappa shape index (κ1) is 25.3. The number of epoxide rings is 1. The lowest BCUT2D eigenvalue weighted by molar-refractivity contribution is -0.160. The van der Waals surface area contributed by atoms with Crippen LogP contribution in [0.25, 0.3) is 0 Å². The zero-order valence-electron chi connectivity index (χ0n) is 23.6. The van der Waals surface area contributed by atoms with E-state index in [4.69, 9.17) is 18.9 Å². The van der Waals surface area contributed by atoms with Gasteiger partial charge in [-0.05, 0) is 45.4 Å². The van der Waals surface area contributed by atoms with Crippen molar-refractivity contribution in [2.45, 2.75) is 95.4 Å². The van der Waals surface area contributed by atoms with Gasteiger partial charge in [0.25, 0.3) is 0 Å². The molecule has 0 unspecified atom stereocenters. The summed E-state index contributed by atoms with van der Waals surface area (Å²) in [6.45, 7) is 15.9. The standard InChI is InChI=1S/C32H38O8/c1-14-11-19(37-16(3)33)22-24(21-18(14)12-20-30(21,6)40-20)39-27(35)32(22)13-31-10-9-28(32,4)25(31)23-17(7-8-29(31,5)36)15(2)26(34)38-23/h9-10,17-25,36H,1-2,7-8,11-13H2,3-6H3/t17-,18-,19-,20+,21-,22+,23-,24+,25-,28+,29+,30+,31-,32-/m0/s1. The van der Waals surface area contributed by atoms with E-state index in [2.05, 4.69) is 39.2 Å². The number of ether oxygens (including phenoxy) is 4. The summed E-state index contributed by atoms with van der Waals surface area (Å²) in [5.74, 6) is -2.16. The van der Waals surface area contributed by atoms with Crippen molar-refractivity contribution in [2.75, 3.05) is 0 Å². The third kappa shape index (κ3) is 2.53. The highest BCUT2D eigenvalue weighted by molar-refractivity contribution is 5.91. The third-order valence-corrected chi connectivity index (χ3v) is 13.2. The van der Waals surface area contributed by atoms with Gasteiger partial charge in [0.2, 0.25) is 0 Å². The molecule has 2 bridgehead atoms. The molecule has 0 aromatic carbocycles. The van der Waals surface area contributed by atoms with Crippen LogP contribution in [0.4, 0.5) is 0 Å². The van der Waals surface area contributed by atoms with Crippen molar-refractivity contribution in [2.24, 2.45) is 45.8 Å². The van der Waals surface area contributed by atoms with Crippen LogP contribution >= 0.6 is 0 Å². The fourth-order valence-corrected chi connectivity index (χ4v) is 11.4. The molecular formula is C32H38O8. The Bertz CT molecular complexity index is 1350. The van der Waals surface area contributed by atoms with Gasteiger partial charge >= 0.3 is 17.9 Å². The third-order valence-electron chi connectivity index (χ3n) is 13.2. The van der Waals surface area contributed by atoms with E-state index in [0.29, 0.717) is 31.3 Å². The summed E-state index contributed by atoms with van der Waals surface area (Å²) in [6.07, 6.45) is 5.25. The molecule has 214 valence electrons. The smallest absolute Gasteiger partial charge is 0.334 e. The average Bonchev–Trinajstić information content (AvgIpc) is 3.09. The van der Waals surface area contributed by atoms with E-state index >= 15 is 0 Å². The van der Waals surface area contributed by atoms with E-state index in [1.807, 2.05) is 6.92 Å². The largest absolute Gasteiger partial charge is 0.462 e. The molecule has 1 spiro atoms. The van der Waals surface area contributed by atoms with Gasteiger partial charge in [-0.15, -0.1) is 0 Å². The second-order valence-electron chi connectivity index (χ2n) is 14.7. The average molecular weight is 551 g/mol. The van der Waals surface area contributed by atoms with Crippen LogP contribution in [0, 0.1) is 45.8 Å². The fourth-order valence-electron chi connectivity index (χ4n) is 11.4. The first-order chi connectivity index (χ1) is 18.7. The summed E-state index contributed by atoms with van der Waals surface area (Å²) in [7, 11) is 0. The predicted molar refractivity (Wildman–Crippen MR) is 140 cm³/mol. The fraction of sp³-hybridized carbons (Fsp3) is 0.719. The number of carbonyl (C=O) groups is 3. The maximum Gasteiger partial charge on any atom is 0.334 e. The lowest BCUT2D eigenvalue weighted by Crippen LogP contribution is -2.53. The molecule has 0 aromatic heterocycles. The molecule has 7 fully saturated rings. The van der Waals surface area contributed by atoms with Crippen molar-refractivity contribution in [3.8, 4) is 0 Å². The number of allylic oxidation sites excluding steroid dienone is 1. The Labute approximate surface area is 234 Å². The highest BCUT2D eigenvalue weighted by Gasteiger charge is 2.85. The molecule has 8 aliphatic rings. The van der Waals surface area contributed by atoms with Crippen LogP contribution < -0.4 is 0 Å². The number of aliphatic hydroxyl groups is 1. The molecule has 3 heterocycles. The molecule has 0 amide bonds. The molecule has 3 saturated heterocycles. The second kappa shape index (κ2) is 7.12. The summed E-state index contributed by atoms with van der Waals surface area (Å²) < 4.78 is 24.8. The summed E-state index contributed by atoms with van der Waals surface area (Å²) in [5, 5.41) is 12.2. The highest BCUT2D eigenvalue weighted by atomic mass is 16.6. The van der Waals surface area contributed by atoms with Gasteiger partial charge in [0, 0.05) is 47.5 Å². The topological polar surface area (TPSA) is 112 Å². The molecule has 5 aliphatic carbocycles. The molecule has 14 atom stereocenters. The van der Waals surface area contributed by atoms with Crippen LogP contribution in [0.3, 0.4) is 0 Å². The predicted octanol–water partition coefficient (Wildman–Crippen LogP) is 3.42. The second-order valence-corrected chi connectivity index (χ2v) is 14.7. The minimum atomic E-state index is -1.16. The summed E-state index contributed by atoms with van der Waals surface area (Å²) in [4.78, 5) is 39.9. The summed E-state index contributed by atoms with van der Waals surface area (Å²) >= 11 is 0. The van der Waals surface area contributed by atoms with E-state index in [1.54, 1.807) is 0 Å². The van der Waals surface area contributed by atoms with Crippen LogP contribution in [-0.2, 0) is 33.3 Å². The molecule has 4 saturated carbocycles. The normalized spacial score (nSPS) is 58.4. The zero-order valence-corrected chi connectivity index (χ0v) is 23.6. The van der Waals surface area contributed by atoms with Crippen LogP contribution in [-0.4, -0.2) is 58.6 Å². The molecule has 0 aromatic rings. The minimum absolute atomic E-state index is 0.0924. The van der Waals surface area contributed by atoms with Gasteiger partial charge in [-0.3, -0.25) is 9.59 Å². The van der Waals surface area contributed by atoms with Gasteiger partial charge < -0.3 is 24.1 Å². The van der Waals surface area contributed by atoms with E-state index < -0.39 is 63.6 Å². The Morgan fingerprint density at radius 2 is 1.82 bits per heavy atom. The maximum absolute atomic E-state index is 14.6. The molecule has 0 radical (unpaired) electrons. The Balaban J connectivity index is 1.34. The molecule has 8 rings (SSSR count). The molecule has 3 aliphatic heterocycles. The molecular weight excluding hydrogens is 512 g/mol. The van der Waals surface area contributed by atoms with Gasteiger partial charge in [-0.2, -0.15) is 0 Å². The highest BCUT2D eigenvalue weighted by Crippen LogP contribution is 2.81. The Kier molecular flexibility index (Phi) is 4.50. The SMILES string of the molecule is C=C1C(=O)O[C@@H]2[C@@H]3[C@@]4(C=C[C@@]3(C)[C@]3(C4)C(=O)O[C@@H]4[C@@H]5[C@@H](C[C@H]6O[C@@]56C)C(=C)C[C@H](OC(C)=O)[C@H]43)[C@](C)(O)CC[C@@H]12. The van der Waals surface area contributed by atoms with Crippen molar-refractivity contribution in [1.82, 2.24) is 0 Å². The van der Waals surface area contributed by atoms with E-state index in [9.17, 15) is 19.5 Å². The first-order valence-electron chi connectivity index (χ1n) is 14.8. The van der Waals surface area contributed by atoms with Gasteiger partial charge in [-0.1, -0.05) is 37.8 Å². The first-order valence-corrected chi connectivity index (χ1v) is 14.8. The Morgan fingerprint density at radius 3 is 2.55 bits per heavy atom. The minimum Gasteiger partial charge on any atom is -0.462 e. The van der Waals surface area contributed by atoms with E-state index in [1.165, 1.54) is 6.92 Å². The number of esters is 3. The molecule has 40 heavy (non-hydrogen) atoms. The molecule has 1 N–H and O–H groups in total. The van der Waals surface area contributed by atoms with Crippen molar-refractivity contribution in [1.29, 1.82) is 0 Å². The van der Waals surface area contributed by atoms with Crippen molar-refractivity contribution in [3.63, 3.8) is 0 Å². The number of carbonyl (C=O) groups excluding carboxylic acids is 3. The van der Waals surface area contributed by atoms with E-state index in [-0.39, 0.29) is 35.7 Å². The number of hydrogen-bond acceptors (Lipinski definition) is 8.